The number of piperazine rings is 1. The van der Waals surface area contributed by atoms with Crippen molar-refractivity contribution in [2.75, 3.05) is 26.2 Å². The Morgan fingerprint density at radius 3 is 2.54 bits per heavy atom. The van der Waals surface area contributed by atoms with Gasteiger partial charge >= 0.3 is 0 Å². The molecule has 1 aliphatic heterocycles. The maximum atomic E-state index is 12.4. The number of fused-ring (bicyclic) bond motifs is 1. The molecule has 0 radical (unpaired) electrons. The summed E-state index contributed by atoms with van der Waals surface area (Å²) in [6.07, 6.45) is 0. The molecule has 0 unspecified atom stereocenters. The van der Waals surface area contributed by atoms with Gasteiger partial charge in [-0.25, -0.2) is 0 Å². The number of rotatable bonds is 3. The van der Waals surface area contributed by atoms with Crippen LogP contribution in [-0.2, 0) is 6.54 Å². The number of hydrogen-bond donors (Lipinski definition) is 0. The summed E-state index contributed by atoms with van der Waals surface area (Å²) in [6, 6.07) is 17.0. The van der Waals surface area contributed by atoms with E-state index in [1.54, 1.807) is 11.3 Å². The van der Waals surface area contributed by atoms with Crippen LogP contribution in [0.1, 0.15) is 15.9 Å². The average molecular weight is 336 g/mol. The van der Waals surface area contributed by atoms with Gasteiger partial charge in [0.05, 0.1) is 5.56 Å². The van der Waals surface area contributed by atoms with E-state index >= 15 is 0 Å². The van der Waals surface area contributed by atoms with Crippen LogP contribution in [0.25, 0.3) is 10.8 Å². The summed E-state index contributed by atoms with van der Waals surface area (Å²) in [4.78, 5) is 16.8. The first kappa shape index (κ1) is 15.4. The van der Waals surface area contributed by atoms with E-state index < -0.39 is 0 Å². The molecule has 0 aliphatic carbocycles. The van der Waals surface area contributed by atoms with Crippen molar-refractivity contribution in [3.05, 3.63) is 70.4 Å². The van der Waals surface area contributed by atoms with Gasteiger partial charge < -0.3 is 4.90 Å². The van der Waals surface area contributed by atoms with Gasteiger partial charge in [0.25, 0.3) is 5.91 Å². The fraction of sp³-hybridized carbons (Fsp3) is 0.250. The number of nitrogens with zero attached hydrogens (tertiary/aromatic N) is 2. The van der Waals surface area contributed by atoms with E-state index in [1.165, 1.54) is 16.3 Å². The summed E-state index contributed by atoms with van der Waals surface area (Å²) in [7, 11) is 0. The molecular weight excluding hydrogens is 316 g/mol. The van der Waals surface area contributed by atoms with Crippen LogP contribution in [0, 0.1) is 0 Å². The molecule has 122 valence electrons. The van der Waals surface area contributed by atoms with Gasteiger partial charge in [0.2, 0.25) is 0 Å². The van der Waals surface area contributed by atoms with Gasteiger partial charge in [-0.05, 0) is 27.8 Å². The Morgan fingerprint density at radius 1 is 0.958 bits per heavy atom. The predicted molar refractivity (Wildman–Crippen MR) is 99.4 cm³/mol. The van der Waals surface area contributed by atoms with Crippen molar-refractivity contribution in [2.24, 2.45) is 0 Å². The minimum Gasteiger partial charge on any atom is -0.336 e. The van der Waals surface area contributed by atoms with E-state index in [0.29, 0.717) is 0 Å². The molecule has 3 aromatic rings. The summed E-state index contributed by atoms with van der Waals surface area (Å²) < 4.78 is 0. The quantitative estimate of drug-likeness (QED) is 0.725. The van der Waals surface area contributed by atoms with E-state index in [4.69, 9.17) is 0 Å². The molecule has 0 bridgehead atoms. The van der Waals surface area contributed by atoms with Gasteiger partial charge in [0, 0.05) is 38.1 Å². The van der Waals surface area contributed by atoms with Crippen molar-refractivity contribution in [2.45, 2.75) is 6.54 Å². The van der Waals surface area contributed by atoms with Crippen LogP contribution < -0.4 is 0 Å². The molecule has 1 aromatic heterocycles. The highest BCUT2D eigenvalue weighted by Gasteiger charge is 2.22. The highest BCUT2D eigenvalue weighted by molar-refractivity contribution is 7.08. The second kappa shape index (κ2) is 6.75. The highest BCUT2D eigenvalue weighted by Crippen LogP contribution is 2.21. The van der Waals surface area contributed by atoms with Crippen LogP contribution in [0.2, 0.25) is 0 Å². The number of carbonyl (C=O) groups is 1. The Balaban J connectivity index is 1.42. The number of hydrogen-bond acceptors (Lipinski definition) is 3. The third-order valence-electron chi connectivity index (χ3n) is 4.70. The topological polar surface area (TPSA) is 23.6 Å². The molecule has 0 N–H and O–H groups in total. The van der Waals surface area contributed by atoms with Crippen LogP contribution in [0.5, 0.6) is 0 Å². The van der Waals surface area contributed by atoms with Crippen molar-refractivity contribution in [1.29, 1.82) is 0 Å². The molecule has 0 spiro atoms. The fourth-order valence-corrected chi connectivity index (χ4v) is 3.98. The Labute approximate surface area is 146 Å². The van der Waals surface area contributed by atoms with Gasteiger partial charge in [-0.3, -0.25) is 9.69 Å². The zero-order chi connectivity index (χ0) is 16.4. The van der Waals surface area contributed by atoms with Crippen molar-refractivity contribution in [3.63, 3.8) is 0 Å². The molecule has 2 heterocycles. The van der Waals surface area contributed by atoms with E-state index in [2.05, 4.69) is 47.4 Å². The lowest BCUT2D eigenvalue weighted by atomic mass is 10.0. The smallest absolute Gasteiger partial charge is 0.254 e. The van der Waals surface area contributed by atoms with Gasteiger partial charge in [-0.2, -0.15) is 11.3 Å². The van der Waals surface area contributed by atoms with E-state index in [-0.39, 0.29) is 5.91 Å². The highest BCUT2D eigenvalue weighted by atomic mass is 32.1. The predicted octanol–water partition coefficient (Wildman–Crippen LogP) is 3.86. The van der Waals surface area contributed by atoms with Gasteiger partial charge in [-0.15, -0.1) is 0 Å². The molecule has 1 aliphatic rings. The molecule has 1 saturated heterocycles. The molecule has 0 saturated carbocycles. The number of amides is 1. The molecule has 24 heavy (non-hydrogen) atoms. The van der Waals surface area contributed by atoms with Crippen LogP contribution in [-0.4, -0.2) is 41.9 Å². The monoisotopic (exact) mass is 336 g/mol. The lowest BCUT2D eigenvalue weighted by Crippen LogP contribution is -2.48. The maximum absolute atomic E-state index is 12.4. The maximum Gasteiger partial charge on any atom is 0.254 e. The van der Waals surface area contributed by atoms with Crippen LogP contribution >= 0.6 is 11.3 Å². The molecule has 0 atom stereocenters. The zero-order valence-electron chi connectivity index (χ0n) is 13.5. The average Bonchev–Trinajstić information content (AvgIpc) is 3.17. The van der Waals surface area contributed by atoms with E-state index in [1.807, 2.05) is 21.7 Å². The number of thiophene rings is 1. The second-order valence-corrected chi connectivity index (χ2v) is 7.00. The van der Waals surface area contributed by atoms with Gasteiger partial charge in [0.1, 0.15) is 0 Å². The summed E-state index contributed by atoms with van der Waals surface area (Å²) >= 11 is 1.58. The largest absolute Gasteiger partial charge is 0.336 e. The third kappa shape index (κ3) is 3.07. The van der Waals surface area contributed by atoms with Gasteiger partial charge in [0.15, 0.2) is 0 Å². The zero-order valence-corrected chi connectivity index (χ0v) is 14.3. The lowest BCUT2D eigenvalue weighted by Gasteiger charge is -2.34. The molecule has 2 aromatic carbocycles. The molecule has 3 nitrogen and oxygen atoms in total. The molecule has 4 heteroatoms. The number of benzene rings is 2. The summed E-state index contributed by atoms with van der Waals surface area (Å²) in [5.74, 6) is 0.168. The Kier molecular flexibility index (Phi) is 4.32. The summed E-state index contributed by atoms with van der Waals surface area (Å²) in [6.45, 7) is 4.42. The van der Waals surface area contributed by atoms with Crippen molar-refractivity contribution < 1.29 is 4.79 Å². The van der Waals surface area contributed by atoms with E-state index in [0.717, 1.165) is 38.3 Å². The number of carbonyl (C=O) groups excluding carboxylic acids is 1. The molecular formula is C20H20N2OS. The van der Waals surface area contributed by atoms with Crippen molar-refractivity contribution in [3.8, 4) is 0 Å². The summed E-state index contributed by atoms with van der Waals surface area (Å²) in [5, 5.41) is 6.52. The SMILES string of the molecule is O=C(c1ccsc1)N1CCN(Cc2cccc3ccccc23)CC1. The second-order valence-electron chi connectivity index (χ2n) is 6.22. The Hall–Kier alpha value is -2.17. The van der Waals surface area contributed by atoms with Gasteiger partial charge in [-0.1, -0.05) is 42.5 Å². The minimum absolute atomic E-state index is 0.168. The first-order chi connectivity index (χ1) is 11.8. The molecule has 4 rings (SSSR count). The first-order valence-corrected chi connectivity index (χ1v) is 9.26. The fourth-order valence-electron chi connectivity index (χ4n) is 3.35. The molecule has 1 amide bonds. The standard InChI is InChI=1S/C20H20N2OS/c23-20(18-8-13-24-15-18)22-11-9-21(10-12-22)14-17-6-3-5-16-4-1-2-7-19(16)17/h1-8,13,15H,9-12,14H2. The lowest BCUT2D eigenvalue weighted by molar-refractivity contribution is 0.0629. The molecule has 1 fully saturated rings. The Bertz CT molecular complexity index is 830. The van der Waals surface area contributed by atoms with Crippen LogP contribution in [0.3, 0.4) is 0 Å². The van der Waals surface area contributed by atoms with Crippen LogP contribution in [0.15, 0.2) is 59.3 Å². The van der Waals surface area contributed by atoms with Crippen LogP contribution in [0.4, 0.5) is 0 Å². The summed E-state index contributed by atoms with van der Waals surface area (Å²) in [5.41, 5.74) is 2.19. The van der Waals surface area contributed by atoms with Crippen molar-refractivity contribution >= 4 is 28.0 Å². The van der Waals surface area contributed by atoms with Crippen molar-refractivity contribution in [1.82, 2.24) is 9.80 Å². The normalized spacial score (nSPS) is 15.8. The first-order valence-electron chi connectivity index (χ1n) is 8.32. The Morgan fingerprint density at radius 2 is 1.75 bits per heavy atom. The van der Waals surface area contributed by atoms with E-state index in [9.17, 15) is 4.79 Å². The minimum atomic E-state index is 0.168. The third-order valence-corrected chi connectivity index (χ3v) is 5.38.